The molecule has 0 saturated carbocycles. The molecule has 2 N–H and O–H groups in total. The first kappa shape index (κ1) is 25.6. The minimum absolute atomic E-state index is 0.0142. The minimum Gasteiger partial charge on any atom is -0.490 e. The number of hydrogen-bond donors (Lipinski definition) is 1. The molecule has 2 rings (SSSR count). The zero-order valence-corrected chi connectivity index (χ0v) is 19.4. The molecule has 0 fully saturated rings. The molecule has 0 aliphatic carbocycles. The van der Waals surface area contributed by atoms with Crippen LogP contribution in [0.15, 0.2) is 41.0 Å². The van der Waals surface area contributed by atoms with Crippen molar-refractivity contribution in [2.75, 3.05) is 26.4 Å². The van der Waals surface area contributed by atoms with Gasteiger partial charge in [0, 0.05) is 0 Å². The molecule has 9 nitrogen and oxygen atoms in total. The summed E-state index contributed by atoms with van der Waals surface area (Å²) in [6.45, 7) is 8.30. The van der Waals surface area contributed by atoms with Gasteiger partial charge in [-0.1, -0.05) is 13.0 Å². The Kier molecular flexibility index (Phi) is 9.61. The molecule has 1 aliphatic heterocycles. The van der Waals surface area contributed by atoms with Gasteiger partial charge in [0.15, 0.2) is 11.5 Å². The van der Waals surface area contributed by atoms with Gasteiger partial charge in [-0.15, -0.1) is 0 Å². The Hall–Kier alpha value is -3.67. The van der Waals surface area contributed by atoms with Crippen molar-refractivity contribution in [3.8, 4) is 17.6 Å². The van der Waals surface area contributed by atoms with E-state index in [9.17, 15) is 14.9 Å². The van der Waals surface area contributed by atoms with Crippen molar-refractivity contribution in [3.63, 3.8) is 0 Å². The monoisotopic (exact) mass is 458 g/mol. The fourth-order valence-corrected chi connectivity index (χ4v) is 3.36. The summed E-state index contributed by atoms with van der Waals surface area (Å²) in [5.74, 6) is -1.45. The van der Waals surface area contributed by atoms with Crippen LogP contribution < -0.4 is 15.2 Å². The van der Waals surface area contributed by atoms with Gasteiger partial charge in [0.1, 0.15) is 23.8 Å². The van der Waals surface area contributed by atoms with E-state index >= 15 is 0 Å². The zero-order valence-electron chi connectivity index (χ0n) is 19.4. The molecule has 1 aromatic carbocycles. The van der Waals surface area contributed by atoms with E-state index < -0.39 is 17.9 Å². The molecule has 9 heteroatoms. The van der Waals surface area contributed by atoms with Gasteiger partial charge in [0.2, 0.25) is 5.88 Å². The van der Waals surface area contributed by atoms with Crippen LogP contribution in [0.2, 0.25) is 0 Å². The van der Waals surface area contributed by atoms with E-state index in [4.69, 9.17) is 29.4 Å². The summed E-state index contributed by atoms with van der Waals surface area (Å²) >= 11 is 0. The highest BCUT2D eigenvalue weighted by atomic mass is 16.5. The average Bonchev–Trinajstić information content (AvgIpc) is 2.78. The number of carbonyl (C=O) groups excluding carboxylic acids is 2. The minimum atomic E-state index is -0.924. The number of hydrogen-bond acceptors (Lipinski definition) is 9. The summed E-state index contributed by atoms with van der Waals surface area (Å²) in [7, 11) is 0. The first-order chi connectivity index (χ1) is 15.9. The topological polar surface area (TPSA) is 130 Å². The van der Waals surface area contributed by atoms with Gasteiger partial charge in [-0.3, -0.25) is 4.79 Å². The van der Waals surface area contributed by atoms with Crippen molar-refractivity contribution >= 4 is 11.9 Å². The predicted molar refractivity (Wildman–Crippen MR) is 119 cm³/mol. The third-order valence-electron chi connectivity index (χ3n) is 4.67. The standard InChI is InChI=1S/C24H30N2O7/c1-5-11-32-17-10-9-15(12-18(17)29-6-2)21-16(14-25)23(26)33-19(13-20(27)30-7-3)22(21)24(28)31-8-4/h9-10,12,21H,5-8,11,13,26H2,1-4H3. The lowest BCUT2D eigenvalue weighted by atomic mass is 9.82. The highest BCUT2D eigenvalue weighted by Gasteiger charge is 2.38. The number of ether oxygens (including phenoxy) is 5. The summed E-state index contributed by atoms with van der Waals surface area (Å²) in [6.07, 6.45) is 0.478. The molecule has 1 aromatic rings. The lowest BCUT2D eigenvalue weighted by Gasteiger charge is -2.28. The molecule has 0 bridgehead atoms. The molecule has 0 saturated heterocycles. The molecule has 0 radical (unpaired) electrons. The predicted octanol–water partition coefficient (Wildman–Crippen LogP) is 3.45. The van der Waals surface area contributed by atoms with E-state index in [1.807, 2.05) is 19.9 Å². The Morgan fingerprint density at radius 2 is 1.79 bits per heavy atom. The van der Waals surface area contributed by atoms with Crippen LogP contribution in [-0.2, 0) is 23.8 Å². The van der Waals surface area contributed by atoms with E-state index in [2.05, 4.69) is 0 Å². The number of carbonyl (C=O) groups is 2. The Morgan fingerprint density at radius 1 is 1.06 bits per heavy atom. The summed E-state index contributed by atoms with van der Waals surface area (Å²) in [4.78, 5) is 25.2. The van der Waals surface area contributed by atoms with Crippen molar-refractivity contribution < 1.29 is 33.3 Å². The van der Waals surface area contributed by atoms with Crippen LogP contribution in [0.1, 0.15) is 52.0 Å². The number of allylic oxidation sites excluding steroid dienone is 1. The Bertz CT molecular complexity index is 976. The van der Waals surface area contributed by atoms with Gasteiger partial charge in [-0.2, -0.15) is 5.26 Å². The molecule has 33 heavy (non-hydrogen) atoms. The number of nitrogens with zero attached hydrogens (tertiary/aromatic N) is 1. The summed E-state index contributed by atoms with van der Waals surface area (Å²) in [5, 5.41) is 9.83. The van der Waals surface area contributed by atoms with Crippen molar-refractivity contribution in [2.24, 2.45) is 5.73 Å². The van der Waals surface area contributed by atoms with Gasteiger partial charge < -0.3 is 29.4 Å². The summed E-state index contributed by atoms with van der Waals surface area (Å²) in [5.41, 5.74) is 6.60. The highest BCUT2D eigenvalue weighted by molar-refractivity contribution is 5.93. The number of nitriles is 1. The second-order valence-electron chi connectivity index (χ2n) is 6.95. The number of benzene rings is 1. The Labute approximate surface area is 193 Å². The van der Waals surface area contributed by atoms with E-state index in [1.165, 1.54) is 0 Å². The van der Waals surface area contributed by atoms with Crippen LogP contribution in [0.25, 0.3) is 0 Å². The van der Waals surface area contributed by atoms with Crippen molar-refractivity contribution in [3.05, 3.63) is 46.6 Å². The van der Waals surface area contributed by atoms with E-state index in [0.717, 1.165) is 6.42 Å². The van der Waals surface area contributed by atoms with E-state index in [-0.39, 0.29) is 42.4 Å². The Balaban J connectivity index is 2.67. The number of esters is 2. The smallest absolute Gasteiger partial charge is 0.338 e. The zero-order chi connectivity index (χ0) is 24.4. The molecule has 0 spiro atoms. The fraction of sp³-hybridized carbons (Fsp3) is 0.458. The molecule has 1 unspecified atom stereocenters. The molecule has 1 aliphatic rings. The van der Waals surface area contributed by atoms with Crippen LogP contribution in [-0.4, -0.2) is 38.4 Å². The van der Waals surface area contributed by atoms with Crippen LogP contribution in [0.5, 0.6) is 11.5 Å². The van der Waals surface area contributed by atoms with Crippen LogP contribution in [0.3, 0.4) is 0 Å². The quantitative estimate of drug-likeness (QED) is 0.495. The normalized spacial score (nSPS) is 15.4. The maximum atomic E-state index is 13.0. The molecule has 1 atom stereocenters. The lowest BCUT2D eigenvalue weighted by Crippen LogP contribution is -2.27. The largest absolute Gasteiger partial charge is 0.490 e. The molecular formula is C24H30N2O7. The highest BCUT2D eigenvalue weighted by Crippen LogP contribution is 2.43. The maximum absolute atomic E-state index is 13.0. The second-order valence-corrected chi connectivity index (χ2v) is 6.95. The summed E-state index contributed by atoms with van der Waals surface area (Å²) < 4.78 is 27.3. The van der Waals surface area contributed by atoms with Crippen molar-refractivity contribution in [1.82, 2.24) is 0 Å². The van der Waals surface area contributed by atoms with Gasteiger partial charge >= 0.3 is 11.9 Å². The fourth-order valence-electron chi connectivity index (χ4n) is 3.36. The van der Waals surface area contributed by atoms with Crippen LogP contribution in [0.4, 0.5) is 0 Å². The van der Waals surface area contributed by atoms with Crippen molar-refractivity contribution in [1.29, 1.82) is 5.26 Å². The SMILES string of the molecule is CCCOc1ccc(C2C(C#N)=C(N)OC(CC(=O)OCC)=C2C(=O)OCC)cc1OCC. The van der Waals surface area contributed by atoms with Gasteiger partial charge in [0.05, 0.1) is 37.9 Å². The molecule has 0 amide bonds. The maximum Gasteiger partial charge on any atom is 0.338 e. The Morgan fingerprint density at radius 3 is 2.39 bits per heavy atom. The second kappa shape index (κ2) is 12.4. The van der Waals surface area contributed by atoms with E-state index in [0.29, 0.717) is 30.3 Å². The molecule has 178 valence electrons. The van der Waals surface area contributed by atoms with Crippen molar-refractivity contribution in [2.45, 2.75) is 46.5 Å². The third kappa shape index (κ3) is 6.19. The van der Waals surface area contributed by atoms with Gasteiger partial charge in [-0.25, -0.2) is 4.79 Å². The molecular weight excluding hydrogens is 428 g/mol. The first-order valence-electron chi connectivity index (χ1n) is 10.9. The summed E-state index contributed by atoms with van der Waals surface area (Å²) in [6, 6.07) is 7.15. The number of rotatable bonds is 11. The lowest BCUT2D eigenvalue weighted by molar-refractivity contribution is -0.143. The van der Waals surface area contributed by atoms with E-state index in [1.54, 1.807) is 32.0 Å². The van der Waals surface area contributed by atoms with Gasteiger partial charge in [-0.05, 0) is 44.9 Å². The van der Waals surface area contributed by atoms with Crippen LogP contribution >= 0.6 is 0 Å². The van der Waals surface area contributed by atoms with Gasteiger partial charge in [0.25, 0.3) is 0 Å². The third-order valence-corrected chi connectivity index (χ3v) is 4.67. The van der Waals surface area contributed by atoms with Crippen LogP contribution in [0, 0.1) is 11.3 Å². The molecule has 0 aromatic heterocycles. The molecule has 1 heterocycles. The first-order valence-corrected chi connectivity index (χ1v) is 10.9. The number of nitrogens with two attached hydrogens (primary N) is 1. The average molecular weight is 459 g/mol.